The third-order valence-corrected chi connectivity index (χ3v) is 6.77. The normalized spacial score (nSPS) is 20.5. The van der Waals surface area contributed by atoms with E-state index in [1.165, 1.54) is 0 Å². The maximum absolute atomic E-state index is 12.7. The third kappa shape index (κ3) is 4.67. The largest absolute Gasteiger partial charge is 0.511 e. The molecule has 0 radical (unpaired) electrons. The van der Waals surface area contributed by atoms with Crippen molar-refractivity contribution >= 4 is 23.6 Å². The van der Waals surface area contributed by atoms with Crippen LogP contribution in [0, 0.1) is 5.41 Å². The van der Waals surface area contributed by atoms with Gasteiger partial charge in [-0.15, -0.1) is 0 Å². The summed E-state index contributed by atoms with van der Waals surface area (Å²) in [5, 5.41) is 12.6. The standard InChI is InChI=1S/C28H28N2O5/c1-28(2)16-20-15-23(35-27(32)33)11-12-24(20)29-25(28)19-9-6-10-21(14-19)30-22(17-34-26(30)31)13-18-7-4-3-5-8-18/h3-12,14-15,22,25,29H,13,16-17H2,1-2H3,(H,32,33)/t22-,25?/m1/s1. The van der Waals surface area contributed by atoms with E-state index in [2.05, 4.69) is 43.4 Å². The van der Waals surface area contributed by atoms with Gasteiger partial charge in [0, 0.05) is 11.4 Å². The first-order valence-corrected chi connectivity index (χ1v) is 11.7. The average Bonchev–Trinajstić information content (AvgIpc) is 3.18. The van der Waals surface area contributed by atoms with E-state index in [1.807, 2.05) is 36.4 Å². The van der Waals surface area contributed by atoms with Crippen molar-refractivity contribution in [3.05, 3.63) is 89.5 Å². The van der Waals surface area contributed by atoms with Crippen LogP contribution in [0.2, 0.25) is 0 Å². The van der Waals surface area contributed by atoms with Gasteiger partial charge in [-0.1, -0.05) is 56.3 Å². The Labute approximate surface area is 204 Å². The number of ether oxygens (including phenoxy) is 2. The van der Waals surface area contributed by atoms with Gasteiger partial charge in [0.05, 0.1) is 12.1 Å². The zero-order valence-electron chi connectivity index (χ0n) is 19.7. The highest BCUT2D eigenvalue weighted by molar-refractivity contribution is 5.90. The fourth-order valence-electron chi connectivity index (χ4n) is 5.17. The van der Waals surface area contributed by atoms with E-state index in [9.17, 15) is 9.59 Å². The number of hydrogen-bond donors (Lipinski definition) is 2. The van der Waals surface area contributed by atoms with Gasteiger partial charge in [0.1, 0.15) is 12.4 Å². The molecule has 2 aliphatic rings. The molecule has 0 aliphatic carbocycles. The molecule has 0 bridgehead atoms. The highest BCUT2D eigenvalue weighted by Gasteiger charge is 2.38. The number of carboxylic acid groups (broad SMARTS) is 1. The van der Waals surface area contributed by atoms with Gasteiger partial charge in [0.2, 0.25) is 0 Å². The minimum absolute atomic E-state index is 0.00705. The number of carbonyl (C=O) groups excluding carboxylic acids is 1. The van der Waals surface area contributed by atoms with Crippen LogP contribution in [-0.2, 0) is 17.6 Å². The summed E-state index contributed by atoms with van der Waals surface area (Å²) in [6, 6.07) is 23.4. The first kappa shape index (κ1) is 22.8. The van der Waals surface area contributed by atoms with E-state index >= 15 is 0 Å². The summed E-state index contributed by atoms with van der Waals surface area (Å²) in [6.45, 7) is 4.71. The van der Waals surface area contributed by atoms with Crippen molar-refractivity contribution in [1.82, 2.24) is 0 Å². The summed E-state index contributed by atoms with van der Waals surface area (Å²) in [6.07, 6.45) is -0.189. The first-order chi connectivity index (χ1) is 16.8. The van der Waals surface area contributed by atoms with E-state index in [0.717, 1.165) is 40.9 Å². The maximum atomic E-state index is 12.7. The Hall–Kier alpha value is -4.00. The monoisotopic (exact) mass is 472 g/mol. The number of hydrogen-bond acceptors (Lipinski definition) is 5. The second-order valence-corrected chi connectivity index (χ2v) is 9.82. The summed E-state index contributed by atoms with van der Waals surface area (Å²) in [4.78, 5) is 25.4. The quantitative estimate of drug-likeness (QED) is 0.347. The van der Waals surface area contributed by atoms with Crippen LogP contribution in [0.25, 0.3) is 0 Å². The molecule has 1 saturated heterocycles. The van der Waals surface area contributed by atoms with Crippen LogP contribution in [0.5, 0.6) is 5.75 Å². The number of cyclic esters (lactones) is 1. The fourth-order valence-corrected chi connectivity index (χ4v) is 5.17. The van der Waals surface area contributed by atoms with Gasteiger partial charge < -0.3 is 19.9 Å². The van der Waals surface area contributed by atoms with Crippen molar-refractivity contribution in [1.29, 1.82) is 0 Å². The molecule has 5 rings (SSSR count). The van der Waals surface area contributed by atoms with Crippen molar-refractivity contribution in [2.75, 3.05) is 16.8 Å². The Balaban J connectivity index is 1.42. The molecule has 7 heteroatoms. The maximum Gasteiger partial charge on any atom is 0.511 e. The molecule has 1 fully saturated rings. The van der Waals surface area contributed by atoms with Gasteiger partial charge in [-0.3, -0.25) is 4.90 Å². The zero-order valence-corrected chi connectivity index (χ0v) is 19.7. The molecule has 0 spiro atoms. The molecule has 2 N–H and O–H groups in total. The van der Waals surface area contributed by atoms with E-state index < -0.39 is 6.16 Å². The van der Waals surface area contributed by atoms with Gasteiger partial charge >= 0.3 is 12.2 Å². The predicted octanol–water partition coefficient (Wildman–Crippen LogP) is 6.05. The molecule has 7 nitrogen and oxygen atoms in total. The topological polar surface area (TPSA) is 88.1 Å². The molecule has 1 unspecified atom stereocenters. The van der Waals surface area contributed by atoms with Crippen molar-refractivity contribution in [3.63, 3.8) is 0 Å². The Morgan fingerprint density at radius 1 is 1.11 bits per heavy atom. The second-order valence-electron chi connectivity index (χ2n) is 9.82. The minimum Gasteiger partial charge on any atom is -0.449 e. The van der Waals surface area contributed by atoms with Gasteiger partial charge in [-0.05, 0) is 65.3 Å². The molecule has 0 saturated carbocycles. The predicted molar refractivity (Wildman–Crippen MR) is 133 cm³/mol. The Bertz CT molecular complexity index is 1260. The molecule has 180 valence electrons. The van der Waals surface area contributed by atoms with Crippen molar-refractivity contribution in [3.8, 4) is 5.75 Å². The zero-order chi connectivity index (χ0) is 24.6. The molecular weight excluding hydrogens is 444 g/mol. The van der Waals surface area contributed by atoms with Crippen LogP contribution in [0.4, 0.5) is 21.0 Å². The molecule has 0 aromatic heterocycles. The van der Waals surface area contributed by atoms with Gasteiger partial charge in [-0.25, -0.2) is 9.59 Å². The summed E-state index contributed by atoms with van der Waals surface area (Å²) in [5.41, 5.74) is 4.83. The van der Waals surface area contributed by atoms with Crippen molar-refractivity contribution in [2.24, 2.45) is 5.41 Å². The lowest BCUT2D eigenvalue weighted by molar-refractivity contribution is 0.144. The molecular formula is C28H28N2O5. The molecule has 3 aromatic rings. The number of anilines is 2. The van der Waals surface area contributed by atoms with E-state index in [0.29, 0.717) is 12.4 Å². The number of rotatable bonds is 5. The summed E-state index contributed by atoms with van der Waals surface area (Å²) in [5.74, 6) is 0.311. The number of nitrogens with one attached hydrogen (secondary N) is 1. The molecule has 3 aromatic carbocycles. The van der Waals surface area contributed by atoms with E-state index in [-0.39, 0.29) is 23.6 Å². The first-order valence-electron chi connectivity index (χ1n) is 11.7. The Morgan fingerprint density at radius 2 is 1.91 bits per heavy atom. The third-order valence-electron chi connectivity index (χ3n) is 6.77. The van der Waals surface area contributed by atoms with Gasteiger partial charge in [-0.2, -0.15) is 0 Å². The fraction of sp³-hybridized carbons (Fsp3) is 0.286. The Kier molecular flexibility index (Phi) is 5.84. The van der Waals surface area contributed by atoms with Crippen LogP contribution in [0.15, 0.2) is 72.8 Å². The Morgan fingerprint density at radius 3 is 2.69 bits per heavy atom. The van der Waals surface area contributed by atoms with E-state index in [4.69, 9.17) is 14.6 Å². The SMILES string of the molecule is CC1(C)Cc2cc(OC(=O)O)ccc2NC1c1cccc(N2C(=O)OC[C@H]2Cc2ccccc2)c1. The van der Waals surface area contributed by atoms with Gasteiger partial charge in [0.25, 0.3) is 0 Å². The summed E-state index contributed by atoms with van der Waals surface area (Å²) < 4.78 is 10.3. The number of carbonyl (C=O) groups is 2. The van der Waals surface area contributed by atoms with Crippen LogP contribution in [-0.4, -0.2) is 30.0 Å². The smallest absolute Gasteiger partial charge is 0.449 e. The molecule has 35 heavy (non-hydrogen) atoms. The van der Waals surface area contributed by atoms with Crippen LogP contribution in [0.1, 0.15) is 36.6 Å². The molecule has 1 amide bonds. The second kappa shape index (κ2) is 8.98. The average molecular weight is 473 g/mol. The molecule has 2 atom stereocenters. The number of nitrogens with zero attached hydrogens (tertiary/aromatic N) is 1. The highest BCUT2D eigenvalue weighted by atomic mass is 16.7. The lowest BCUT2D eigenvalue weighted by atomic mass is 9.73. The lowest BCUT2D eigenvalue weighted by Gasteiger charge is -2.41. The highest BCUT2D eigenvalue weighted by Crippen LogP contribution is 2.46. The molecule has 2 heterocycles. The van der Waals surface area contributed by atoms with Crippen LogP contribution >= 0.6 is 0 Å². The number of amides is 1. The van der Waals surface area contributed by atoms with Crippen LogP contribution < -0.4 is 15.0 Å². The van der Waals surface area contributed by atoms with Crippen molar-refractivity contribution < 1.29 is 24.2 Å². The summed E-state index contributed by atoms with van der Waals surface area (Å²) in [7, 11) is 0. The van der Waals surface area contributed by atoms with E-state index in [1.54, 1.807) is 17.0 Å². The van der Waals surface area contributed by atoms with Crippen LogP contribution in [0.3, 0.4) is 0 Å². The summed E-state index contributed by atoms with van der Waals surface area (Å²) >= 11 is 0. The lowest BCUT2D eigenvalue weighted by Crippen LogP contribution is -2.36. The minimum atomic E-state index is -1.33. The molecule has 2 aliphatic heterocycles. The number of benzene rings is 3. The van der Waals surface area contributed by atoms with Gasteiger partial charge in [0.15, 0.2) is 0 Å². The van der Waals surface area contributed by atoms with Crippen molar-refractivity contribution in [2.45, 2.75) is 38.8 Å². The number of fused-ring (bicyclic) bond motifs is 1.